The Balaban J connectivity index is 2.30. The maximum atomic E-state index is 14.3. The molecule has 1 aromatic rings. The number of rotatable bonds is 5. The zero-order valence-corrected chi connectivity index (χ0v) is 11.7. The molecule has 0 aromatic heterocycles. The van der Waals surface area contributed by atoms with Crippen molar-refractivity contribution >= 4 is 5.70 Å². The molecule has 106 valence electrons. The fourth-order valence-corrected chi connectivity index (χ4v) is 2.11. The molecule has 0 radical (unpaired) electrons. The quantitative estimate of drug-likeness (QED) is 0.767. The van der Waals surface area contributed by atoms with Gasteiger partial charge in [0.05, 0.1) is 5.70 Å². The van der Waals surface area contributed by atoms with Crippen molar-refractivity contribution in [2.45, 2.75) is 6.92 Å². The van der Waals surface area contributed by atoms with Crippen LogP contribution in [0.2, 0.25) is 0 Å². The first-order valence-electron chi connectivity index (χ1n) is 6.43. The Kier molecular flexibility index (Phi) is 4.58. The number of hydrogen-bond donors (Lipinski definition) is 0. The first-order chi connectivity index (χ1) is 9.67. The number of ether oxygens (including phenoxy) is 2. The Morgan fingerprint density at radius 3 is 2.80 bits per heavy atom. The van der Waals surface area contributed by atoms with E-state index in [9.17, 15) is 4.39 Å². The molecular formula is C16H18FNO2. The van der Waals surface area contributed by atoms with E-state index in [1.54, 1.807) is 12.1 Å². The maximum absolute atomic E-state index is 14.3. The molecule has 0 atom stereocenters. The molecule has 1 aliphatic rings. The van der Waals surface area contributed by atoms with Crippen LogP contribution in [0.5, 0.6) is 5.75 Å². The van der Waals surface area contributed by atoms with Crippen molar-refractivity contribution in [3.63, 3.8) is 0 Å². The maximum Gasteiger partial charge on any atom is 0.188 e. The van der Waals surface area contributed by atoms with Crippen LogP contribution in [0, 0.1) is 5.82 Å². The largest absolute Gasteiger partial charge is 0.467 e. The molecule has 0 spiro atoms. The van der Waals surface area contributed by atoms with Gasteiger partial charge < -0.3 is 14.4 Å². The Labute approximate surface area is 118 Å². The lowest BCUT2D eigenvalue weighted by Gasteiger charge is -2.29. The third-order valence-corrected chi connectivity index (χ3v) is 3.06. The third-order valence-electron chi connectivity index (χ3n) is 3.06. The van der Waals surface area contributed by atoms with E-state index in [0.717, 1.165) is 17.9 Å². The highest BCUT2D eigenvalue weighted by Crippen LogP contribution is 2.30. The number of allylic oxidation sites excluding steroid dienone is 3. The summed E-state index contributed by atoms with van der Waals surface area (Å²) in [5.74, 6) is 0.119. The first kappa shape index (κ1) is 14.3. The van der Waals surface area contributed by atoms with Crippen molar-refractivity contribution in [3.05, 3.63) is 60.1 Å². The Hall–Kier alpha value is -2.07. The zero-order valence-electron chi connectivity index (χ0n) is 11.7. The van der Waals surface area contributed by atoms with Gasteiger partial charge in [-0.15, -0.1) is 0 Å². The summed E-state index contributed by atoms with van der Waals surface area (Å²) in [6, 6.07) is 4.80. The lowest BCUT2D eigenvalue weighted by atomic mass is 10.1. The predicted molar refractivity (Wildman–Crippen MR) is 77.5 cm³/mol. The average Bonchev–Trinajstić information content (AvgIpc) is 2.45. The number of methoxy groups -OCH3 is 1. The van der Waals surface area contributed by atoms with Crippen LogP contribution < -0.4 is 4.74 Å². The summed E-state index contributed by atoms with van der Waals surface area (Å²) in [6.07, 6.45) is 5.66. The van der Waals surface area contributed by atoms with E-state index in [4.69, 9.17) is 9.47 Å². The normalized spacial score (nSPS) is 14.4. The molecule has 0 saturated carbocycles. The van der Waals surface area contributed by atoms with Gasteiger partial charge in [0, 0.05) is 31.0 Å². The van der Waals surface area contributed by atoms with Crippen LogP contribution in [-0.4, -0.2) is 25.3 Å². The van der Waals surface area contributed by atoms with Crippen molar-refractivity contribution < 1.29 is 13.9 Å². The van der Waals surface area contributed by atoms with E-state index in [-0.39, 0.29) is 12.6 Å². The summed E-state index contributed by atoms with van der Waals surface area (Å²) in [4.78, 5) is 1.97. The lowest BCUT2D eigenvalue weighted by Crippen LogP contribution is -2.21. The van der Waals surface area contributed by atoms with Crippen LogP contribution in [0.15, 0.2) is 48.7 Å². The highest BCUT2D eigenvalue weighted by atomic mass is 19.1. The summed E-state index contributed by atoms with van der Waals surface area (Å²) in [6.45, 7) is 6.80. The summed E-state index contributed by atoms with van der Waals surface area (Å²) < 4.78 is 24.3. The van der Waals surface area contributed by atoms with Crippen molar-refractivity contribution in [1.82, 2.24) is 4.90 Å². The standard InChI is InChI=1S/C16H18FNO2/c1-4-18-12(2)6-5-7-16(18)14-9-8-13(10-15(14)17)20-11-19-3/h5-10H,2,4,11H2,1,3H3. The second-order valence-electron chi connectivity index (χ2n) is 4.34. The number of halogens is 1. The van der Waals surface area contributed by atoms with Gasteiger partial charge in [-0.05, 0) is 31.2 Å². The molecule has 0 amide bonds. The van der Waals surface area contributed by atoms with Crippen LogP contribution in [0.3, 0.4) is 0 Å². The lowest BCUT2D eigenvalue weighted by molar-refractivity contribution is 0.0509. The van der Waals surface area contributed by atoms with E-state index in [2.05, 4.69) is 6.58 Å². The Bertz CT molecular complexity index is 564. The molecule has 0 fully saturated rings. The van der Waals surface area contributed by atoms with Gasteiger partial charge >= 0.3 is 0 Å². The molecule has 3 nitrogen and oxygen atoms in total. The molecule has 1 aromatic carbocycles. The Morgan fingerprint density at radius 1 is 1.35 bits per heavy atom. The van der Waals surface area contributed by atoms with Gasteiger partial charge in [-0.25, -0.2) is 4.39 Å². The molecule has 4 heteroatoms. The monoisotopic (exact) mass is 275 g/mol. The first-order valence-corrected chi connectivity index (χ1v) is 6.43. The molecular weight excluding hydrogens is 257 g/mol. The number of benzene rings is 1. The van der Waals surface area contributed by atoms with E-state index in [1.165, 1.54) is 13.2 Å². The van der Waals surface area contributed by atoms with Gasteiger partial charge in [-0.2, -0.15) is 0 Å². The molecule has 2 rings (SSSR count). The number of nitrogens with zero attached hydrogens (tertiary/aromatic N) is 1. The minimum absolute atomic E-state index is 0.0993. The minimum Gasteiger partial charge on any atom is -0.467 e. The zero-order chi connectivity index (χ0) is 14.5. The minimum atomic E-state index is -0.327. The number of likely N-dealkylation sites (N-methyl/N-ethyl adjacent to an activating group) is 1. The molecule has 0 unspecified atom stereocenters. The summed E-state index contributed by atoms with van der Waals surface area (Å²) in [5, 5.41) is 0. The van der Waals surface area contributed by atoms with Gasteiger partial charge in [-0.3, -0.25) is 0 Å². The van der Waals surface area contributed by atoms with E-state index < -0.39 is 0 Å². The van der Waals surface area contributed by atoms with Gasteiger partial charge in [-0.1, -0.05) is 12.7 Å². The average molecular weight is 275 g/mol. The van der Waals surface area contributed by atoms with E-state index in [1.807, 2.05) is 30.1 Å². The van der Waals surface area contributed by atoms with Crippen molar-refractivity contribution in [2.75, 3.05) is 20.4 Å². The second-order valence-corrected chi connectivity index (χ2v) is 4.34. The van der Waals surface area contributed by atoms with Gasteiger partial charge in [0.1, 0.15) is 11.6 Å². The van der Waals surface area contributed by atoms with E-state index >= 15 is 0 Å². The van der Waals surface area contributed by atoms with Gasteiger partial charge in [0.25, 0.3) is 0 Å². The summed E-state index contributed by atoms with van der Waals surface area (Å²) >= 11 is 0. The van der Waals surface area contributed by atoms with Crippen LogP contribution in [-0.2, 0) is 4.74 Å². The van der Waals surface area contributed by atoms with Crippen molar-refractivity contribution in [1.29, 1.82) is 0 Å². The van der Waals surface area contributed by atoms with Crippen LogP contribution in [0.25, 0.3) is 5.70 Å². The topological polar surface area (TPSA) is 21.7 Å². The van der Waals surface area contributed by atoms with Gasteiger partial charge in [0.15, 0.2) is 6.79 Å². The molecule has 20 heavy (non-hydrogen) atoms. The molecule has 0 N–H and O–H groups in total. The fourth-order valence-electron chi connectivity index (χ4n) is 2.11. The van der Waals surface area contributed by atoms with Crippen LogP contribution >= 0.6 is 0 Å². The van der Waals surface area contributed by atoms with E-state index in [0.29, 0.717) is 11.3 Å². The predicted octanol–water partition coefficient (Wildman–Crippen LogP) is 3.55. The molecule has 0 bridgehead atoms. The Morgan fingerprint density at radius 2 is 2.15 bits per heavy atom. The molecule has 1 heterocycles. The smallest absolute Gasteiger partial charge is 0.188 e. The SMILES string of the molecule is C=C1C=CC=C(c2ccc(OCOC)cc2F)N1CC. The van der Waals surface area contributed by atoms with Crippen LogP contribution in [0.4, 0.5) is 4.39 Å². The third kappa shape index (κ3) is 2.91. The molecule has 0 saturated heterocycles. The fraction of sp³-hybridized carbons (Fsp3) is 0.250. The van der Waals surface area contributed by atoms with Gasteiger partial charge in [0.2, 0.25) is 0 Å². The van der Waals surface area contributed by atoms with Crippen LogP contribution in [0.1, 0.15) is 12.5 Å². The van der Waals surface area contributed by atoms with Crippen molar-refractivity contribution in [3.8, 4) is 5.75 Å². The van der Waals surface area contributed by atoms with Crippen molar-refractivity contribution in [2.24, 2.45) is 0 Å². The molecule has 1 aliphatic heterocycles. The molecule has 0 aliphatic carbocycles. The number of hydrogen-bond acceptors (Lipinski definition) is 3. The highest BCUT2D eigenvalue weighted by molar-refractivity contribution is 5.70. The highest BCUT2D eigenvalue weighted by Gasteiger charge is 2.17. The summed E-state index contributed by atoms with van der Waals surface area (Å²) in [7, 11) is 1.52. The summed E-state index contributed by atoms with van der Waals surface area (Å²) in [5.41, 5.74) is 2.18. The second kappa shape index (κ2) is 6.39.